The van der Waals surface area contributed by atoms with Crippen molar-refractivity contribution < 1.29 is 4.74 Å². The Bertz CT molecular complexity index is 1370. The fraction of sp³-hybridized carbons (Fsp3) is 0.240. The maximum Gasteiger partial charge on any atom is 0.198 e. The number of aryl methyl sites for hydroxylation is 1. The summed E-state index contributed by atoms with van der Waals surface area (Å²) in [6, 6.07) is 19.9. The standard InChI is InChI=1S/C25H24ClN7O/c1-2-3-9-22-28-23(24(26)29-22)21(34-18-7-5-4-6-8-18)15-16-10-12-19-17(14-16)11-13-20(27-19)25-30-32-33-31-25/h4-8,10-14,21H,2-3,9,15H2,1H3,(H,28,29)(H,30,31,32,33). The van der Waals surface area contributed by atoms with Gasteiger partial charge in [-0.3, -0.25) is 0 Å². The average molecular weight is 474 g/mol. The van der Waals surface area contributed by atoms with E-state index in [1.54, 1.807) is 0 Å². The fourth-order valence-corrected chi connectivity index (χ4v) is 4.14. The molecule has 0 saturated heterocycles. The number of hydrogen-bond acceptors (Lipinski definition) is 6. The van der Waals surface area contributed by atoms with E-state index in [2.05, 4.69) is 54.6 Å². The number of unbranched alkanes of at least 4 members (excludes halogenated alkanes) is 1. The van der Waals surface area contributed by atoms with Crippen LogP contribution in [-0.4, -0.2) is 35.6 Å². The first kappa shape index (κ1) is 22.0. The summed E-state index contributed by atoms with van der Waals surface area (Å²) < 4.78 is 6.39. The molecule has 5 aromatic rings. The van der Waals surface area contributed by atoms with E-state index in [9.17, 15) is 0 Å². The number of nitrogens with zero attached hydrogens (tertiary/aromatic N) is 5. The summed E-state index contributed by atoms with van der Waals surface area (Å²) in [5.74, 6) is 2.21. The maximum absolute atomic E-state index is 6.56. The van der Waals surface area contributed by atoms with E-state index in [1.807, 2.05) is 48.5 Å². The molecule has 9 heteroatoms. The Kier molecular flexibility index (Phi) is 6.49. The molecule has 0 aliphatic carbocycles. The van der Waals surface area contributed by atoms with Crippen molar-refractivity contribution in [2.75, 3.05) is 0 Å². The van der Waals surface area contributed by atoms with Gasteiger partial charge in [-0.05, 0) is 52.7 Å². The van der Waals surface area contributed by atoms with Crippen LogP contribution >= 0.6 is 11.6 Å². The van der Waals surface area contributed by atoms with Crippen molar-refractivity contribution in [3.8, 4) is 17.3 Å². The first-order valence-electron chi connectivity index (χ1n) is 11.3. The van der Waals surface area contributed by atoms with Gasteiger partial charge in [-0.15, -0.1) is 5.10 Å². The van der Waals surface area contributed by atoms with Gasteiger partial charge in [0.2, 0.25) is 0 Å². The first-order valence-corrected chi connectivity index (χ1v) is 11.7. The largest absolute Gasteiger partial charge is 0.484 e. The Labute approximate surface area is 201 Å². The lowest BCUT2D eigenvalue weighted by molar-refractivity contribution is 0.202. The second-order valence-corrected chi connectivity index (χ2v) is 8.45. The Morgan fingerprint density at radius 3 is 2.71 bits per heavy atom. The summed E-state index contributed by atoms with van der Waals surface area (Å²) in [5.41, 5.74) is 3.45. The molecule has 0 radical (unpaired) electrons. The molecule has 172 valence electrons. The van der Waals surface area contributed by atoms with Crippen molar-refractivity contribution in [3.05, 3.63) is 82.9 Å². The van der Waals surface area contributed by atoms with E-state index in [4.69, 9.17) is 16.3 Å². The third kappa shape index (κ3) is 4.92. The predicted octanol–water partition coefficient (Wildman–Crippen LogP) is 5.50. The van der Waals surface area contributed by atoms with Crippen LogP contribution in [0.5, 0.6) is 5.75 Å². The number of nitrogens with one attached hydrogen (secondary N) is 2. The van der Waals surface area contributed by atoms with Crippen molar-refractivity contribution in [2.45, 2.75) is 38.7 Å². The van der Waals surface area contributed by atoms with Crippen molar-refractivity contribution in [2.24, 2.45) is 0 Å². The Balaban J connectivity index is 1.44. The lowest BCUT2D eigenvalue weighted by Crippen LogP contribution is -2.12. The molecule has 0 fully saturated rings. The molecular formula is C25H24ClN7O. The van der Waals surface area contributed by atoms with Crippen LogP contribution in [0.25, 0.3) is 22.4 Å². The number of benzene rings is 2. The van der Waals surface area contributed by atoms with Crippen molar-refractivity contribution in [1.82, 2.24) is 35.6 Å². The van der Waals surface area contributed by atoms with Gasteiger partial charge >= 0.3 is 0 Å². The number of halogens is 1. The van der Waals surface area contributed by atoms with Gasteiger partial charge < -0.3 is 9.72 Å². The minimum absolute atomic E-state index is 0.317. The number of tetrazole rings is 1. The molecule has 0 spiro atoms. The number of para-hydroxylation sites is 1. The second kappa shape index (κ2) is 10.0. The zero-order valence-electron chi connectivity index (χ0n) is 18.7. The summed E-state index contributed by atoms with van der Waals surface area (Å²) in [7, 11) is 0. The third-order valence-corrected chi connectivity index (χ3v) is 5.90. The smallest absolute Gasteiger partial charge is 0.198 e. The Hall–Kier alpha value is -3.78. The minimum atomic E-state index is -0.317. The molecule has 3 heterocycles. The number of fused-ring (bicyclic) bond motifs is 1. The SMILES string of the molecule is CCCCc1nc(Cl)c(C(Cc2ccc3nc(-c4nnn[nH]4)ccc3c2)Oc2ccccc2)[nH]1. The zero-order chi connectivity index (χ0) is 23.3. The molecule has 0 saturated carbocycles. The van der Waals surface area contributed by atoms with Gasteiger partial charge in [-0.25, -0.2) is 15.1 Å². The van der Waals surface area contributed by atoms with Crippen molar-refractivity contribution >= 4 is 22.5 Å². The molecule has 0 aliphatic heterocycles. The van der Waals surface area contributed by atoms with Crippen molar-refractivity contribution in [3.63, 3.8) is 0 Å². The van der Waals surface area contributed by atoms with Gasteiger partial charge in [0.05, 0.1) is 11.2 Å². The molecule has 5 rings (SSSR count). The van der Waals surface area contributed by atoms with Gasteiger partial charge in [0.25, 0.3) is 0 Å². The zero-order valence-corrected chi connectivity index (χ0v) is 19.5. The normalized spacial score (nSPS) is 12.2. The van der Waals surface area contributed by atoms with Gasteiger partial charge in [-0.1, -0.05) is 55.3 Å². The number of pyridine rings is 1. The number of imidazole rings is 1. The van der Waals surface area contributed by atoms with E-state index in [1.165, 1.54) is 0 Å². The quantitative estimate of drug-likeness (QED) is 0.293. The number of hydrogen-bond donors (Lipinski definition) is 2. The molecule has 1 unspecified atom stereocenters. The van der Waals surface area contributed by atoms with Crippen LogP contribution in [0.2, 0.25) is 5.15 Å². The topological polar surface area (TPSA) is 105 Å². The number of H-pyrrole nitrogens is 2. The molecule has 34 heavy (non-hydrogen) atoms. The highest BCUT2D eigenvalue weighted by Crippen LogP contribution is 2.30. The van der Waals surface area contributed by atoms with Crippen molar-refractivity contribution in [1.29, 1.82) is 0 Å². The van der Waals surface area contributed by atoms with Gasteiger partial charge in [0.15, 0.2) is 11.0 Å². The fourth-order valence-electron chi connectivity index (χ4n) is 3.87. The maximum atomic E-state index is 6.56. The van der Waals surface area contributed by atoms with Crippen LogP contribution < -0.4 is 4.74 Å². The van der Waals surface area contributed by atoms with E-state index in [-0.39, 0.29) is 6.10 Å². The van der Waals surface area contributed by atoms with Crippen LogP contribution in [0, 0.1) is 0 Å². The highest BCUT2D eigenvalue weighted by molar-refractivity contribution is 6.30. The number of ether oxygens (including phenoxy) is 1. The number of aromatic nitrogens is 7. The van der Waals surface area contributed by atoms with Crippen LogP contribution in [0.4, 0.5) is 0 Å². The highest BCUT2D eigenvalue weighted by atomic mass is 35.5. The molecular weight excluding hydrogens is 450 g/mol. The monoisotopic (exact) mass is 473 g/mol. The molecule has 1 atom stereocenters. The summed E-state index contributed by atoms with van der Waals surface area (Å²) in [6.07, 6.45) is 3.31. The molecule has 2 aromatic carbocycles. The number of aromatic amines is 2. The lowest BCUT2D eigenvalue weighted by atomic mass is 10.0. The van der Waals surface area contributed by atoms with E-state index >= 15 is 0 Å². The van der Waals surface area contributed by atoms with Crippen LogP contribution in [0.3, 0.4) is 0 Å². The van der Waals surface area contributed by atoms with E-state index in [0.717, 1.165) is 53.0 Å². The van der Waals surface area contributed by atoms with Crippen LogP contribution in [0.1, 0.15) is 43.0 Å². The van der Waals surface area contributed by atoms with E-state index in [0.29, 0.717) is 23.1 Å². The average Bonchev–Trinajstić information content (AvgIpc) is 3.53. The Morgan fingerprint density at radius 1 is 1.03 bits per heavy atom. The first-order chi connectivity index (χ1) is 16.7. The van der Waals surface area contributed by atoms with Gasteiger partial charge in [-0.2, -0.15) is 0 Å². The lowest BCUT2D eigenvalue weighted by Gasteiger charge is -2.19. The van der Waals surface area contributed by atoms with Gasteiger partial charge in [0.1, 0.15) is 23.4 Å². The molecule has 8 nitrogen and oxygen atoms in total. The minimum Gasteiger partial charge on any atom is -0.484 e. The number of rotatable bonds is 9. The molecule has 2 N–H and O–H groups in total. The van der Waals surface area contributed by atoms with Crippen LogP contribution in [-0.2, 0) is 12.8 Å². The predicted molar refractivity (Wildman–Crippen MR) is 131 cm³/mol. The summed E-state index contributed by atoms with van der Waals surface area (Å²) in [5, 5.41) is 15.4. The molecule has 0 aliphatic rings. The summed E-state index contributed by atoms with van der Waals surface area (Å²) >= 11 is 6.56. The third-order valence-electron chi connectivity index (χ3n) is 5.61. The highest BCUT2D eigenvalue weighted by Gasteiger charge is 2.22. The molecule has 0 amide bonds. The Morgan fingerprint density at radius 2 is 1.91 bits per heavy atom. The van der Waals surface area contributed by atoms with Gasteiger partial charge in [0, 0.05) is 18.2 Å². The molecule has 0 bridgehead atoms. The van der Waals surface area contributed by atoms with Crippen LogP contribution in [0.15, 0.2) is 60.7 Å². The summed E-state index contributed by atoms with van der Waals surface area (Å²) in [6.45, 7) is 2.16. The molecule has 3 aromatic heterocycles. The second-order valence-electron chi connectivity index (χ2n) is 8.09. The summed E-state index contributed by atoms with van der Waals surface area (Å²) in [4.78, 5) is 12.6. The van der Waals surface area contributed by atoms with E-state index < -0.39 is 0 Å².